The van der Waals surface area contributed by atoms with Gasteiger partial charge in [0.15, 0.2) is 0 Å². The molecule has 0 spiro atoms. The molecule has 0 aliphatic rings. The Morgan fingerprint density at radius 2 is 1.62 bits per heavy atom. The second kappa shape index (κ2) is 5.10. The molecule has 0 nitrogen and oxygen atoms in total. The maximum atomic E-state index is 11.1. The van der Waals surface area contributed by atoms with E-state index in [0.29, 0.717) is 0 Å². The maximum Gasteiger partial charge on any atom is -1.00 e. The molecule has 0 aliphatic heterocycles. The van der Waals surface area contributed by atoms with Crippen LogP contribution in [0.4, 0.5) is 13.2 Å². The number of hydrogen-bond acceptors (Lipinski definition) is 0. The molecule has 0 atom stereocenters. The minimum Gasteiger partial charge on any atom is -1.00 e. The maximum absolute atomic E-state index is 11.1. The van der Waals surface area contributed by atoms with E-state index in [9.17, 15) is 13.2 Å². The Bertz CT molecular complexity index is 53.0. The summed E-state index contributed by atoms with van der Waals surface area (Å²) in [5.74, 6) is 0. The zero-order valence-corrected chi connectivity index (χ0v) is 7.70. The summed E-state index contributed by atoms with van der Waals surface area (Å²) < 4.78 is 33.4. The third-order valence-corrected chi connectivity index (χ3v) is 0.814. The molecule has 0 N–H and O–H groups in total. The molecule has 0 radical (unpaired) electrons. The Balaban J connectivity index is 0. The van der Waals surface area contributed by atoms with Gasteiger partial charge in [0.1, 0.15) is 0 Å². The van der Waals surface area contributed by atoms with Gasteiger partial charge < -0.3 is 24.0 Å². The number of rotatable bonds is 1. The fraction of sp³-hybridized carbons (Fsp3) is 1.00. The van der Waals surface area contributed by atoms with Gasteiger partial charge in [0.05, 0.1) is 0 Å². The molecule has 0 saturated heterocycles. The van der Waals surface area contributed by atoms with Gasteiger partial charge in [-0.15, -0.1) is 0 Å². The second-order valence-electron chi connectivity index (χ2n) is 1.22. The molecule has 0 bridgehead atoms. The molecule has 5 heteroatoms. The van der Waals surface area contributed by atoms with E-state index in [1.807, 2.05) is 0 Å². The minimum atomic E-state index is -3.94. The average molecular weight is 248 g/mol. The molecule has 0 saturated carbocycles. The van der Waals surface area contributed by atoms with Crippen molar-refractivity contribution >= 4 is 21.7 Å². The Labute approximate surface area is 75.7 Å². The van der Waals surface area contributed by atoms with E-state index in [2.05, 4.69) is 0 Å². The van der Waals surface area contributed by atoms with Crippen LogP contribution in [0.2, 0.25) is 4.55 Å². The summed E-state index contributed by atoms with van der Waals surface area (Å²) in [6, 6.07) is 0. The Hall–Kier alpha value is 1.29. The molecular weight excluding hydrogens is 244 g/mol. The summed E-state index contributed by atoms with van der Waals surface area (Å²) in [5, 5.41) is 0. The van der Waals surface area contributed by atoms with E-state index < -0.39 is 12.6 Å². The van der Waals surface area contributed by atoms with Gasteiger partial charge >= 0.3 is 52.0 Å². The van der Waals surface area contributed by atoms with Crippen molar-refractivity contribution in [3.8, 4) is 0 Å². The Morgan fingerprint density at radius 3 is 1.62 bits per heavy atom. The van der Waals surface area contributed by atoms with Crippen LogP contribution in [0.1, 0.15) is 6.42 Å². The van der Waals surface area contributed by atoms with Crippen molar-refractivity contribution in [1.29, 1.82) is 0 Å². The molecule has 0 aliphatic carbocycles. The topological polar surface area (TPSA) is 0 Å². The predicted octanol–water partition coefficient (Wildman–Crippen LogP) is -1.47. The van der Waals surface area contributed by atoms with Crippen molar-refractivity contribution in [1.82, 2.24) is 0 Å². The minimum absolute atomic E-state index is 0. The van der Waals surface area contributed by atoms with Crippen molar-refractivity contribution in [2.24, 2.45) is 0 Å². The van der Waals surface area contributed by atoms with E-state index >= 15 is 0 Å². The Morgan fingerprint density at radius 1 is 1.25 bits per heavy atom. The first-order valence-electron chi connectivity index (χ1n) is 1.92. The summed E-state index contributed by atoms with van der Waals surface area (Å²) in [5.41, 5.74) is 0. The van der Waals surface area contributed by atoms with Crippen LogP contribution in [0.3, 0.4) is 0 Å². The van der Waals surface area contributed by atoms with Crippen molar-refractivity contribution in [3.05, 3.63) is 0 Å². The molecule has 0 aromatic rings. The third kappa shape index (κ3) is 10.3. The first kappa shape index (κ1) is 12.0. The first-order chi connectivity index (χ1) is 3.06. The van der Waals surface area contributed by atoms with Gasteiger partial charge in [-0.1, -0.05) is 0 Å². The molecule has 8 heavy (non-hydrogen) atoms. The summed E-state index contributed by atoms with van der Waals surface area (Å²) >= 11 is 1.34. The molecule has 0 aromatic carbocycles. The van der Waals surface area contributed by atoms with E-state index in [-0.39, 0.29) is 28.5 Å². The van der Waals surface area contributed by atoms with Crippen LogP contribution in [0.25, 0.3) is 0 Å². The van der Waals surface area contributed by atoms with E-state index in [0.717, 1.165) is 0 Å². The van der Waals surface area contributed by atoms with Crippen LogP contribution in [0, 0.1) is 0 Å². The van der Waals surface area contributed by atoms with Crippen LogP contribution in [0.15, 0.2) is 0 Å². The number of alkyl halides is 3. The van der Waals surface area contributed by atoms with Gasteiger partial charge in [-0.2, -0.15) is 0 Å². The predicted molar refractivity (Wildman–Crippen MR) is 21.2 cm³/mol. The fourth-order valence-corrected chi connectivity index (χ4v) is 0.601. The van der Waals surface area contributed by atoms with Crippen LogP contribution in [0.5, 0.6) is 0 Å². The monoisotopic (exact) mass is 248 g/mol. The molecule has 0 fully saturated rings. The van der Waals surface area contributed by atoms with Gasteiger partial charge in [0.2, 0.25) is 0 Å². The second-order valence-corrected chi connectivity index (χ2v) is 1.93. The van der Waals surface area contributed by atoms with E-state index in [1.54, 1.807) is 0 Å². The molecule has 46 valence electrons. The number of hydrogen-bond donors (Lipinski definition) is 0. The van der Waals surface area contributed by atoms with Crippen LogP contribution in [-0.4, -0.2) is 27.9 Å². The zero-order valence-electron chi connectivity index (χ0n) is 4.13. The summed E-state index contributed by atoms with van der Waals surface area (Å²) in [4.78, 5) is 0. The molecule has 0 unspecified atom stereocenters. The van der Waals surface area contributed by atoms with Gasteiger partial charge in [-0.25, -0.2) is 0 Å². The molecule has 0 rings (SSSR count). The average Bonchev–Trinajstić information content (AvgIpc) is 1.30. The smallest absolute Gasteiger partial charge is 1.00 e. The van der Waals surface area contributed by atoms with E-state index in [4.69, 9.17) is 0 Å². The first-order valence-corrected chi connectivity index (χ1v) is 2.92. The van der Waals surface area contributed by atoms with Crippen LogP contribution < -0.4 is 24.0 Å². The molecule has 0 heterocycles. The summed E-state index contributed by atoms with van der Waals surface area (Å²) in [6.45, 7) is 0. The van der Waals surface area contributed by atoms with Gasteiger partial charge in [-0.05, 0) is 0 Å². The van der Waals surface area contributed by atoms with Crippen LogP contribution in [-0.2, 0) is 0 Å². The quantitative estimate of drug-likeness (QED) is 0.393. The largest absolute Gasteiger partial charge is 1.00 e. The van der Waals surface area contributed by atoms with Gasteiger partial charge in [-0.3, -0.25) is 0 Å². The van der Waals surface area contributed by atoms with Crippen molar-refractivity contribution < 1.29 is 37.1 Å². The summed E-state index contributed by atoms with van der Waals surface area (Å²) in [7, 11) is 0. The van der Waals surface area contributed by atoms with Crippen LogP contribution >= 0.6 is 0 Å². The fourth-order valence-electron chi connectivity index (χ4n) is 0.200. The van der Waals surface area contributed by atoms with Crippen molar-refractivity contribution in [3.63, 3.8) is 0 Å². The molecule has 0 amide bonds. The Kier molecular flexibility index (Phi) is 7.66. The van der Waals surface area contributed by atoms with Gasteiger partial charge in [0.25, 0.3) is 0 Å². The SMILES string of the molecule is FC(F)(F)C[CH2][Mg+].[I-]. The standard InChI is InChI=1S/C3H4F3.HI.Mg/c1-2-3(4,5)6;;/h1-2H2;1H;/q;;+1/p-1. The zero-order chi connectivity index (χ0) is 5.91. The number of halogens is 4. The normalized spacial score (nSPS) is 10.6. The van der Waals surface area contributed by atoms with Gasteiger partial charge in [0, 0.05) is 0 Å². The molecular formula is C3H4F3IMg. The molecule has 0 aromatic heterocycles. The summed E-state index contributed by atoms with van der Waals surface area (Å²) in [6.07, 6.45) is -4.59. The third-order valence-electron chi connectivity index (χ3n) is 0.460. The van der Waals surface area contributed by atoms with E-state index in [1.165, 1.54) is 21.7 Å². The van der Waals surface area contributed by atoms with Crippen molar-refractivity contribution in [2.45, 2.75) is 17.1 Å². The van der Waals surface area contributed by atoms with Crippen molar-refractivity contribution in [2.75, 3.05) is 0 Å².